The second-order valence-corrected chi connectivity index (χ2v) is 10.2. The van der Waals surface area contributed by atoms with Gasteiger partial charge in [0.05, 0.1) is 0 Å². The predicted molar refractivity (Wildman–Crippen MR) is 123 cm³/mol. The summed E-state index contributed by atoms with van der Waals surface area (Å²) in [6.07, 6.45) is 19.1. The third-order valence-corrected chi connectivity index (χ3v) is 6.94. The summed E-state index contributed by atoms with van der Waals surface area (Å²) >= 11 is 1.96. The van der Waals surface area contributed by atoms with Crippen molar-refractivity contribution < 1.29 is 4.79 Å². The van der Waals surface area contributed by atoms with Gasteiger partial charge >= 0.3 is 0 Å². The highest BCUT2D eigenvalue weighted by Gasteiger charge is 2.30. The normalized spacial score (nSPS) is 18.3. The molecule has 0 aliphatic heterocycles. The molecule has 0 aromatic rings. The van der Waals surface area contributed by atoms with Crippen molar-refractivity contribution in [3.63, 3.8) is 0 Å². The van der Waals surface area contributed by atoms with Gasteiger partial charge in [-0.15, -0.1) is 11.8 Å². The number of thioether (sulfide) groups is 1. The molecule has 0 spiro atoms. The van der Waals surface area contributed by atoms with Crippen LogP contribution < -0.4 is 0 Å². The first kappa shape index (κ1) is 24.5. The van der Waals surface area contributed by atoms with E-state index >= 15 is 0 Å². The maximum Gasteiger partial charge on any atom is 0.134 e. The molecule has 1 aliphatic rings. The van der Waals surface area contributed by atoms with Crippen LogP contribution in [-0.2, 0) is 4.79 Å². The molecule has 1 aliphatic carbocycles. The van der Waals surface area contributed by atoms with Gasteiger partial charge in [0, 0.05) is 6.42 Å². The lowest BCUT2D eigenvalue weighted by Gasteiger charge is -2.34. The molecule has 1 nitrogen and oxygen atoms in total. The average Bonchev–Trinajstić information content (AvgIpc) is 2.58. The van der Waals surface area contributed by atoms with E-state index in [9.17, 15) is 4.79 Å². The van der Waals surface area contributed by atoms with Gasteiger partial charge in [0.2, 0.25) is 0 Å². The van der Waals surface area contributed by atoms with Gasteiger partial charge in [-0.1, -0.05) is 90.2 Å². The topological polar surface area (TPSA) is 17.1 Å². The van der Waals surface area contributed by atoms with Crippen LogP contribution in [0.25, 0.3) is 0 Å². The fourth-order valence-electron chi connectivity index (χ4n) is 4.23. The van der Waals surface area contributed by atoms with Gasteiger partial charge in [-0.25, -0.2) is 0 Å². The van der Waals surface area contributed by atoms with Crippen LogP contribution in [0.5, 0.6) is 0 Å². The third-order valence-electron chi connectivity index (χ3n) is 5.75. The van der Waals surface area contributed by atoms with Crippen molar-refractivity contribution in [2.75, 3.05) is 5.75 Å². The Bertz CT molecular complexity index is 498. The fraction of sp³-hybridized carbons (Fsp3) is 0.800. The summed E-state index contributed by atoms with van der Waals surface area (Å²) in [5.41, 5.74) is 3.06. The van der Waals surface area contributed by atoms with Crippen molar-refractivity contribution in [1.29, 1.82) is 0 Å². The summed E-state index contributed by atoms with van der Waals surface area (Å²) in [5, 5.41) is 0. The molecule has 0 saturated heterocycles. The van der Waals surface area contributed by atoms with E-state index in [1.165, 1.54) is 93.1 Å². The van der Waals surface area contributed by atoms with Crippen molar-refractivity contribution in [3.05, 3.63) is 22.1 Å². The Morgan fingerprint density at radius 3 is 2.07 bits per heavy atom. The Labute approximate surface area is 173 Å². The van der Waals surface area contributed by atoms with Crippen LogP contribution in [0.2, 0.25) is 0 Å². The van der Waals surface area contributed by atoms with Gasteiger partial charge in [-0.3, -0.25) is 4.79 Å². The van der Waals surface area contributed by atoms with Crippen LogP contribution in [0.3, 0.4) is 0 Å². The summed E-state index contributed by atoms with van der Waals surface area (Å²) in [6.45, 7) is 10.9. The van der Waals surface area contributed by atoms with Crippen LogP contribution in [0.4, 0.5) is 0 Å². The molecule has 0 aromatic heterocycles. The molecule has 0 heterocycles. The predicted octanol–water partition coefficient (Wildman–Crippen LogP) is 8.64. The van der Waals surface area contributed by atoms with Crippen molar-refractivity contribution in [3.8, 4) is 0 Å². The van der Waals surface area contributed by atoms with E-state index in [-0.39, 0.29) is 5.41 Å². The molecule has 0 bridgehead atoms. The van der Waals surface area contributed by atoms with E-state index < -0.39 is 0 Å². The standard InChI is InChI=1S/C25H44OS/c1-6-7-8-9-10-11-12-13-14-15-19-27-23(20-22(3)26)24-21(2)17-16-18-25(24,4)5/h17H,6-16,18-20H2,1-5H3. The molecular formula is C25H44OS. The highest BCUT2D eigenvalue weighted by atomic mass is 32.2. The van der Waals surface area contributed by atoms with E-state index in [4.69, 9.17) is 0 Å². The quantitative estimate of drug-likeness (QED) is 0.275. The van der Waals surface area contributed by atoms with Gasteiger partial charge in [0.1, 0.15) is 5.78 Å². The van der Waals surface area contributed by atoms with Crippen molar-refractivity contribution in [2.24, 2.45) is 5.41 Å². The van der Waals surface area contributed by atoms with E-state index in [1.54, 1.807) is 6.92 Å². The molecule has 156 valence electrons. The van der Waals surface area contributed by atoms with Crippen molar-refractivity contribution in [1.82, 2.24) is 0 Å². The maximum atomic E-state index is 11.8. The number of rotatable bonds is 14. The Morgan fingerprint density at radius 2 is 1.56 bits per heavy atom. The molecule has 0 atom stereocenters. The summed E-state index contributed by atoms with van der Waals surface area (Å²) in [5.74, 6) is 1.45. The Balaban J connectivity index is 2.38. The van der Waals surface area contributed by atoms with Gasteiger partial charge < -0.3 is 0 Å². The Kier molecular flexibility index (Phi) is 12.4. The van der Waals surface area contributed by atoms with Gasteiger partial charge in [-0.2, -0.15) is 0 Å². The number of allylic oxidation sites excluding steroid dienone is 4. The first-order chi connectivity index (χ1) is 12.9. The zero-order chi connectivity index (χ0) is 20.1. The molecule has 0 amide bonds. The van der Waals surface area contributed by atoms with Gasteiger partial charge in [-0.05, 0) is 54.8 Å². The number of carbonyl (C=O) groups is 1. The molecule has 0 radical (unpaired) electrons. The maximum absolute atomic E-state index is 11.8. The molecule has 0 saturated carbocycles. The van der Waals surface area contributed by atoms with Crippen LogP contribution in [0.1, 0.15) is 118 Å². The van der Waals surface area contributed by atoms with Crippen LogP contribution in [0, 0.1) is 5.41 Å². The molecule has 27 heavy (non-hydrogen) atoms. The zero-order valence-electron chi connectivity index (χ0n) is 18.8. The number of ketones is 1. The average molecular weight is 393 g/mol. The lowest BCUT2D eigenvalue weighted by Crippen LogP contribution is -2.21. The minimum Gasteiger partial charge on any atom is -0.300 e. The zero-order valence-corrected chi connectivity index (χ0v) is 19.6. The Hall–Kier alpha value is -0.500. The van der Waals surface area contributed by atoms with Crippen LogP contribution >= 0.6 is 11.8 Å². The third kappa shape index (κ3) is 10.0. The van der Waals surface area contributed by atoms with E-state index in [0.717, 1.165) is 5.75 Å². The lowest BCUT2D eigenvalue weighted by molar-refractivity contribution is -0.116. The molecule has 0 fully saturated rings. The molecule has 1 rings (SSSR count). The number of Topliss-reactive ketones (excluding diaryl/α,β-unsaturated/α-hetero) is 1. The highest BCUT2D eigenvalue weighted by molar-refractivity contribution is 8.03. The fourth-order valence-corrected chi connectivity index (χ4v) is 5.71. The molecule has 0 aromatic carbocycles. The number of hydrogen-bond donors (Lipinski definition) is 0. The summed E-state index contributed by atoms with van der Waals surface area (Å²) in [7, 11) is 0. The van der Waals surface area contributed by atoms with E-state index in [2.05, 4.69) is 33.8 Å². The molecular weight excluding hydrogens is 348 g/mol. The van der Waals surface area contributed by atoms with Crippen LogP contribution in [0.15, 0.2) is 22.1 Å². The highest BCUT2D eigenvalue weighted by Crippen LogP contribution is 2.45. The van der Waals surface area contributed by atoms with Gasteiger partial charge in [0.15, 0.2) is 0 Å². The van der Waals surface area contributed by atoms with Crippen LogP contribution in [-0.4, -0.2) is 11.5 Å². The van der Waals surface area contributed by atoms with Crippen molar-refractivity contribution in [2.45, 2.75) is 118 Å². The van der Waals surface area contributed by atoms with E-state index in [0.29, 0.717) is 12.2 Å². The van der Waals surface area contributed by atoms with E-state index in [1.807, 2.05) is 11.8 Å². The first-order valence-electron chi connectivity index (χ1n) is 11.4. The summed E-state index contributed by atoms with van der Waals surface area (Å²) < 4.78 is 0. The largest absolute Gasteiger partial charge is 0.300 e. The minimum atomic E-state index is 0.203. The molecule has 0 N–H and O–H groups in total. The summed E-state index contributed by atoms with van der Waals surface area (Å²) in [6, 6.07) is 0. The smallest absolute Gasteiger partial charge is 0.134 e. The number of hydrogen-bond acceptors (Lipinski definition) is 2. The summed E-state index contributed by atoms with van der Waals surface area (Å²) in [4.78, 5) is 13.2. The first-order valence-corrected chi connectivity index (χ1v) is 12.4. The second kappa shape index (κ2) is 13.6. The molecule has 2 heteroatoms. The van der Waals surface area contributed by atoms with Gasteiger partial charge in [0.25, 0.3) is 0 Å². The van der Waals surface area contributed by atoms with Crippen molar-refractivity contribution >= 4 is 17.5 Å². The molecule has 0 unspecified atom stereocenters. The monoisotopic (exact) mass is 392 g/mol. The second-order valence-electron chi connectivity index (χ2n) is 9.02. The number of unbranched alkanes of at least 4 members (excludes halogenated alkanes) is 9. The number of carbonyl (C=O) groups excluding carboxylic acids is 1. The Morgan fingerprint density at radius 1 is 1.00 bits per heavy atom. The lowest BCUT2D eigenvalue weighted by atomic mass is 9.72. The minimum absolute atomic E-state index is 0.203. The SMILES string of the molecule is CCCCCCCCCCCCSC(CC(C)=O)=C1C(C)=CCCC1(C)C.